The Kier molecular flexibility index (Phi) is 4.01. The van der Waals surface area contributed by atoms with Crippen molar-refractivity contribution < 1.29 is 14.3 Å². The van der Waals surface area contributed by atoms with E-state index in [1.54, 1.807) is 41.2 Å². The van der Waals surface area contributed by atoms with Crippen LogP contribution in [0.2, 0.25) is 0 Å². The summed E-state index contributed by atoms with van der Waals surface area (Å²) in [6.45, 7) is 4.00. The fraction of sp³-hybridized carbons (Fsp3) is 0.312. The molecule has 0 radical (unpaired) electrons. The molecule has 1 aliphatic heterocycles. The first kappa shape index (κ1) is 15.1. The number of ether oxygens (including phenoxy) is 1. The van der Waals surface area contributed by atoms with Crippen molar-refractivity contribution >= 4 is 17.5 Å². The monoisotopic (exact) mass is 314 g/mol. The predicted octanol–water partition coefficient (Wildman–Crippen LogP) is 1.94. The SMILES string of the molecule is CC(C)n1ccc(C(=O)Nc2ccc(OC3CC(=O)N3)cc2)n1. The molecule has 1 atom stereocenters. The van der Waals surface area contributed by atoms with Crippen LogP contribution in [0.25, 0.3) is 0 Å². The minimum absolute atomic E-state index is 0.0141. The third-order valence-corrected chi connectivity index (χ3v) is 3.45. The highest BCUT2D eigenvalue weighted by Crippen LogP contribution is 2.19. The second kappa shape index (κ2) is 6.12. The van der Waals surface area contributed by atoms with E-state index in [4.69, 9.17) is 4.74 Å². The van der Waals surface area contributed by atoms with E-state index in [1.165, 1.54) is 0 Å². The minimum Gasteiger partial charge on any atom is -0.470 e. The molecule has 2 amide bonds. The average molecular weight is 314 g/mol. The maximum Gasteiger partial charge on any atom is 0.276 e. The highest BCUT2D eigenvalue weighted by atomic mass is 16.5. The van der Waals surface area contributed by atoms with Gasteiger partial charge in [0.1, 0.15) is 5.75 Å². The number of carbonyl (C=O) groups excluding carboxylic acids is 2. The zero-order valence-electron chi connectivity index (χ0n) is 12.9. The van der Waals surface area contributed by atoms with Crippen molar-refractivity contribution in [1.29, 1.82) is 0 Å². The van der Waals surface area contributed by atoms with Crippen LogP contribution in [0.1, 0.15) is 36.8 Å². The van der Waals surface area contributed by atoms with E-state index in [1.807, 2.05) is 13.8 Å². The summed E-state index contributed by atoms with van der Waals surface area (Å²) in [6, 6.07) is 8.87. The van der Waals surface area contributed by atoms with Crippen LogP contribution < -0.4 is 15.4 Å². The average Bonchev–Trinajstić information content (AvgIpc) is 2.98. The Labute approximate surface area is 133 Å². The maximum atomic E-state index is 12.1. The molecule has 1 fully saturated rings. The molecule has 1 aliphatic rings. The summed E-state index contributed by atoms with van der Waals surface area (Å²) in [4.78, 5) is 22.9. The molecule has 0 bridgehead atoms. The molecular formula is C16H18N4O3. The Morgan fingerprint density at radius 2 is 2.04 bits per heavy atom. The Morgan fingerprint density at radius 3 is 2.61 bits per heavy atom. The van der Waals surface area contributed by atoms with Crippen LogP contribution in [0.3, 0.4) is 0 Å². The first-order chi connectivity index (χ1) is 11.0. The van der Waals surface area contributed by atoms with Gasteiger partial charge in [0.25, 0.3) is 5.91 Å². The third-order valence-electron chi connectivity index (χ3n) is 3.45. The molecular weight excluding hydrogens is 296 g/mol. The molecule has 0 aliphatic carbocycles. The van der Waals surface area contributed by atoms with E-state index >= 15 is 0 Å². The molecule has 2 aromatic rings. The van der Waals surface area contributed by atoms with E-state index in [9.17, 15) is 9.59 Å². The maximum absolute atomic E-state index is 12.1. The quantitative estimate of drug-likeness (QED) is 0.826. The summed E-state index contributed by atoms with van der Waals surface area (Å²) in [5.74, 6) is 0.362. The Balaban J connectivity index is 1.58. The van der Waals surface area contributed by atoms with Gasteiger partial charge in [-0.05, 0) is 44.2 Å². The minimum atomic E-state index is -0.261. The molecule has 1 saturated heterocycles. The second-order valence-electron chi connectivity index (χ2n) is 5.63. The summed E-state index contributed by atoms with van der Waals surface area (Å²) in [6.07, 6.45) is 1.89. The zero-order valence-corrected chi connectivity index (χ0v) is 12.9. The fourth-order valence-corrected chi connectivity index (χ4v) is 2.12. The van der Waals surface area contributed by atoms with Crippen molar-refractivity contribution in [2.24, 2.45) is 0 Å². The lowest BCUT2D eigenvalue weighted by atomic mass is 10.2. The Bertz CT molecular complexity index is 713. The zero-order chi connectivity index (χ0) is 16.4. The number of aromatic nitrogens is 2. The van der Waals surface area contributed by atoms with Crippen LogP contribution in [-0.2, 0) is 4.79 Å². The van der Waals surface area contributed by atoms with Gasteiger partial charge in [0, 0.05) is 17.9 Å². The number of hydrogen-bond acceptors (Lipinski definition) is 4. The summed E-state index contributed by atoms with van der Waals surface area (Å²) in [7, 11) is 0. The number of hydrogen-bond donors (Lipinski definition) is 2. The summed E-state index contributed by atoms with van der Waals surface area (Å²) in [5.41, 5.74) is 1.02. The number of amides is 2. The second-order valence-corrected chi connectivity index (χ2v) is 5.63. The van der Waals surface area contributed by atoms with Crippen molar-refractivity contribution in [3.8, 4) is 5.75 Å². The van der Waals surface area contributed by atoms with E-state index in [2.05, 4.69) is 15.7 Å². The summed E-state index contributed by atoms with van der Waals surface area (Å²) >= 11 is 0. The van der Waals surface area contributed by atoms with E-state index < -0.39 is 0 Å². The van der Waals surface area contributed by atoms with Crippen LogP contribution in [0.5, 0.6) is 5.75 Å². The van der Waals surface area contributed by atoms with Crippen LogP contribution >= 0.6 is 0 Å². The van der Waals surface area contributed by atoms with Gasteiger partial charge in [-0.2, -0.15) is 5.10 Å². The van der Waals surface area contributed by atoms with Crippen molar-refractivity contribution in [3.05, 3.63) is 42.2 Å². The van der Waals surface area contributed by atoms with Gasteiger partial charge in [0.2, 0.25) is 5.91 Å². The molecule has 2 N–H and O–H groups in total. The van der Waals surface area contributed by atoms with Crippen molar-refractivity contribution in [1.82, 2.24) is 15.1 Å². The normalized spacial score (nSPS) is 16.7. The lowest BCUT2D eigenvalue weighted by molar-refractivity contribution is -0.134. The summed E-state index contributed by atoms with van der Waals surface area (Å²) < 4.78 is 7.27. The molecule has 23 heavy (non-hydrogen) atoms. The smallest absolute Gasteiger partial charge is 0.276 e. The molecule has 1 unspecified atom stereocenters. The predicted molar refractivity (Wildman–Crippen MR) is 84.2 cm³/mol. The molecule has 0 saturated carbocycles. The number of anilines is 1. The fourth-order valence-electron chi connectivity index (χ4n) is 2.12. The van der Waals surface area contributed by atoms with Crippen LogP contribution in [0.4, 0.5) is 5.69 Å². The number of carbonyl (C=O) groups is 2. The van der Waals surface area contributed by atoms with Gasteiger partial charge in [-0.3, -0.25) is 14.3 Å². The van der Waals surface area contributed by atoms with E-state index in [0.29, 0.717) is 23.6 Å². The number of rotatable bonds is 5. The first-order valence-electron chi connectivity index (χ1n) is 7.44. The summed E-state index contributed by atoms with van der Waals surface area (Å²) in [5, 5.41) is 9.64. The molecule has 0 spiro atoms. The lowest BCUT2D eigenvalue weighted by Crippen LogP contribution is -2.51. The number of nitrogens with one attached hydrogen (secondary N) is 2. The Hall–Kier alpha value is -2.83. The van der Waals surface area contributed by atoms with Crippen LogP contribution in [0, 0.1) is 0 Å². The topological polar surface area (TPSA) is 85.2 Å². The lowest BCUT2D eigenvalue weighted by Gasteiger charge is -2.27. The van der Waals surface area contributed by atoms with Gasteiger partial charge in [0.05, 0.1) is 6.42 Å². The van der Waals surface area contributed by atoms with Gasteiger partial charge in [-0.15, -0.1) is 0 Å². The third kappa shape index (κ3) is 3.50. The van der Waals surface area contributed by atoms with Crippen molar-refractivity contribution in [2.45, 2.75) is 32.5 Å². The molecule has 7 nitrogen and oxygen atoms in total. The van der Waals surface area contributed by atoms with Crippen molar-refractivity contribution in [3.63, 3.8) is 0 Å². The molecule has 1 aromatic carbocycles. The molecule has 2 heterocycles. The largest absolute Gasteiger partial charge is 0.470 e. The molecule has 3 rings (SSSR count). The highest BCUT2D eigenvalue weighted by Gasteiger charge is 2.26. The van der Waals surface area contributed by atoms with Crippen LogP contribution in [-0.4, -0.2) is 27.8 Å². The highest BCUT2D eigenvalue weighted by molar-refractivity contribution is 6.02. The Morgan fingerprint density at radius 1 is 1.35 bits per heavy atom. The van der Waals surface area contributed by atoms with Gasteiger partial charge in [-0.1, -0.05) is 0 Å². The molecule has 7 heteroatoms. The molecule has 1 aromatic heterocycles. The van der Waals surface area contributed by atoms with Crippen molar-refractivity contribution in [2.75, 3.05) is 5.32 Å². The number of benzene rings is 1. The number of nitrogens with zero attached hydrogens (tertiary/aromatic N) is 2. The van der Waals surface area contributed by atoms with Gasteiger partial charge in [-0.25, -0.2) is 0 Å². The standard InChI is InChI=1S/C16H18N4O3/c1-10(2)20-8-7-13(19-20)16(22)17-11-3-5-12(6-4-11)23-15-9-14(21)18-15/h3-8,10,15H,9H2,1-2H3,(H,17,22)(H,18,21). The van der Waals surface area contributed by atoms with Gasteiger partial charge >= 0.3 is 0 Å². The van der Waals surface area contributed by atoms with Gasteiger partial charge < -0.3 is 15.4 Å². The molecule has 120 valence electrons. The van der Waals surface area contributed by atoms with E-state index in [0.717, 1.165) is 0 Å². The van der Waals surface area contributed by atoms with Crippen LogP contribution in [0.15, 0.2) is 36.5 Å². The first-order valence-corrected chi connectivity index (χ1v) is 7.44. The van der Waals surface area contributed by atoms with E-state index in [-0.39, 0.29) is 24.1 Å². The van der Waals surface area contributed by atoms with Gasteiger partial charge in [0.15, 0.2) is 11.9 Å². The number of β-lactam (4-membered cyclic amide) rings is 1.